The van der Waals surface area contributed by atoms with Gasteiger partial charge in [0.1, 0.15) is 17.3 Å². The third-order valence-electron chi connectivity index (χ3n) is 5.08. The Morgan fingerprint density at radius 3 is 2.55 bits per heavy atom. The summed E-state index contributed by atoms with van der Waals surface area (Å²) >= 11 is 5.93. The Hall–Kier alpha value is -2.31. The summed E-state index contributed by atoms with van der Waals surface area (Å²) in [6.07, 6.45) is 3.56. The molecule has 7 heteroatoms. The van der Waals surface area contributed by atoms with Gasteiger partial charge in [0.25, 0.3) is 5.91 Å². The second kappa shape index (κ2) is 10.5. The van der Waals surface area contributed by atoms with E-state index in [1.165, 1.54) is 18.6 Å². The molecule has 0 spiro atoms. The van der Waals surface area contributed by atoms with Gasteiger partial charge in [-0.05, 0) is 61.8 Å². The number of hydrogen-bond acceptors (Lipinski definition) is 4. The number of carbonyl (C=O) groups is 1. The van der Waals surface area contributed by atoms with Crippen LogP contribution in [0.5, 0.6) is 11.5 Å². The van der Waals surface area contributed by atoms with Crippen LogP contribution in [0.1, 0.15) is 30.9 Å². The molecule has 1 N–H and O–H groups in total. The van der Waals surface area contributed by atoms with Crippen molar-refractivity contribution in [1.29, 1.82) is 0 Å². The molecule has 1 atom stereocenters. The van der Waals surface area contributed by atoms with Crippen LogP contribution in [0.15, 0.2) is 42.5 Å². The molecule has 0 aliphatic carbocycles. The summed E-state index contributed by atoms with van der Waals surface area (Å²) in [5.41, 5.74) is 1.13. The third kappa shape index (κ3) is 6.08. The number of ether oxygens (including phenoxy) is 2. The predicted octanol–water partition coefficient (Wildman–Crippen LogP) is 4.21. The lowest BCUT2D eigenvalue weighted by Crippen LogP contribution is -2.41. The Morgan fingerprint density at radius 2 is 1.90 bits per heavy atom. The van der Waals surface area contributed by atoms with Crippen LogP contribution < -0.4 is 14.8 Å². The van der Waals surface area contributed by atoms with Crippen LogP contribution >= 0.6 is 11.6 Å². The molecule has 5 nitrogen and oxygen atoms in total. The number of nitrogens with zero attached hydrogens (tertiary/aromatic N) is 1. The number of hydrogen-bond donors (Lipinski definition) is 1. The van der Waals surface area contributed by atoms with Gasteiger partial charge in [0, 0.05) is 6.54 Å². The molecule has 1 fully saturated rings. The van der Waals surface area contributed by atoms with E-state index in [1.54, 1.807) is 7.11 Å². The molecule has 1 amide bonds. The number of benzene rings is 2. The van der Waals surface area contributed by atoms with E-state index in [1.807, 2.05) is 24.3 Å². The fraction of sp³-hybridized carbons (Fsp3) is 0.409. The first kappa shape index (κ1) is 21.4. The highest BCUT2D eigenvalue weighted by atomic mass is 35.5. The zero-order chi connectivity index (χ0) is 20.6. The molecule has 0 saturated carbocycles. The van der Waals surface area contributed by atoms with Gasteiger partial charge in [0.15, 0.2) is 6.61 Å². The van der Waals surface area contributed by atoms with E-state index in [0.717, 1.165) is 43.3 Å². The van der Waals surface area contributed by atoms with E-state index in [-0.39, 0.29) is 29.3 Å². The molecule has 2 aromatic rings. The molecule has 29 heavy (non-hydrogen) atoms. The van der Waals surface area contributed by atoms with Crippen molar-refractivity contribution in [2.75, 3.05) is 33.4 Å². The summed E-state index contributed by atoms with van der Waals surface area (Å²) in [6.45, 7) is 2.31. The zero-order valence-electron chi connectivity index (χ0n) is 16.5. The van der Waals surface area contributed by atoms with Gasteiger partial charge < -0.3 is 14.8 Å². The van der Waals surface area contributed by atoms with Crippen LogP contribution in [0.3, 0.4) is 0 Å². The Labute approximate surface area is 175 Å². The van der Waals surface area contributed by atoms with Crippen LogP contribution in [0.25, 0.3) is 0 Å². The van der Waals surface area contributed by atoms with Crippen molar-refractivity contribution < 1.29 is 18.7 Å². The second-order valence-electron chi connectivity index (χ2n) is 7.05. The van der Waals surface area contributed by atoms with Gasteiger partial charge in [-0.15, -0.1) is 0 Å². The molecule has 0 bridgehead atoms. The number of likely N-dealkylation sites (tertiary alicyclic amines) is 1. The minimum Gasteiger partial charge on any atom is -0.497 e. The maximum absolute atomic E-state index is 13.1. The van der Waals surface area contributed by atoms with Crippen LogP contribution in [0.2, 0.25) is 5.02 Å². The molecular weight excluding hydrogens is 395 g/mol. The molecule has 3 rings (SSSR count). The van der Waals surface area contributed by atoms with Crippen LogP contribution in [0.4, 0.5) is 4.39 Å². The minimum atomic E-state index is -0.448. The number of methoxy groups -OCH3 is 1. The zero-order valence-corrected chi connectivity index (χ0v) is 17.3. The van der Waals surface area contributed by atoms with Crippen molar-refractivity contribution in [2.45, 2.75) is 25.3 Å². The van der Waals surface area contributed by atoms with E-state index >= 15 is 0 Å². The molecule has 1 aliphatic rings. The van der Waals surface area contributed by atoms with Gasteiger partial charge in [0.2, 0.25) is 0 Å². The average Bonchev–Trinajstić information content (AvgIpc) is 2.74. The van der Waals surface area contributed by atoms with E-state index in [2.05, 4.69) is 10.2 Å². The number of piperidine rings is 1. The maximum Gasteiger partial charge on any atom is 0.258 e. The summed E-state index contributed by atoms with van der Waals surface area (Å²) in [5.74, 6) is 0.391. The molecule has 156 valence electrons. The number of amides is 1. The summed E-state index contributed by atoms with van der Waals surface area (Å²) in [5, 5.41) is 3.10. The topological polar surface area (TPSA) is 50.8 Å². The first-order chi connectivity index (χ1) is 14.1. The molecule has 1 saturated heterocycles. The van der Waals surface area contributed by atoms with Crippen LogP contribution in [-0.2, 0) is 4.79 Å². The van der Waals surface area contributed by atoms with E-state index in [4.69, 9.17) is 21.1 Å². The number of halogens is 2. The lowest BCUT2D eigenvalue weighted by atomic mass is 10.0. The Balaban J connectivity index is 1.60. The Morgan fingerprint density at radius 1 is 1.17 bits per heavy atom. The molecule has 1 heterocycles. The first-order valence-electron chi connectivity index (χ1n) is 9.79. The standard InChI is InChI=1S/C22H26ClFN2O3/c1-28-18-8-5-16(6-9-18)20(26-11-3-2-4-12-26)14-25-22(27)15-29-21-10-7-17(24)13-19(21)23/h5-10,13,20H,2-4,11-12,14-15H2,1H3,(H,25,27)/t20-/m0/s1. The van der Waals surface area contributed by atoms with Crippen LogP contribution in [-0.4, -0.2) is 44.2 Å². The molecule has 0 radical (unpaired) electrons. The second-order valence-corrected chi connectivity index (χ2v) is 7.46. The largest absolute Gasteiger partial charge is 0.497 e. The summed E-state index contributed by atoms with van der Waals surface area (Å²) in [4.78, 5) is 14.7. The van der Waals surface area contributed by atoms with Gasteiger partial charge in [-0.3, -0.25) is 9.69 Å². The summed E-state index contributed by atoms with van der Waals surface area (Å²) in [7, 11) is 1.64. The van der Waals surface area contributed by atoms with E-state index in [9.17, 15) is 9.18 Å². The highest BCUT2D eigenvalue weighted by Crippen LogP contribution is 2.26. The fourth-order valence-electron chi connectivity index (χ4n) is 3.51. The van der Waals surface area contributed by atoms with E-state index in [0.29, 0.717) is 6.54 Å². The van der Waals surface area contributed by atoms with Crippen molar-refractivity contribution in [3.63, 3.8) is 0 Å². The van der Waals surface area contributed by atoms with Crippen molar-refractivity contribution in [3.05, 3.63) is 58.9 Å². The SMILES string of the molecule is COc1ccc([C@H](CNC(=O)COc2ccc(F)cc2Cl)N2CCCCC2)cc1. The quantitative estimate of drug-likeness (QED) is 0.695. The van der Waals surface area contributed by atoms with Crippen molar-refractivity contribution in [3.8, 4) is 11.5 Å². The summed E-state index contributed by atoms with van der Waals surface area (Å²) in [6, 6.07) is 11.9. The average molecular weight is 421 g/mol. The molecule has 0 unspecified atom stereocenters. The fourth-order valence-corrected chi connectivity index (χ4v) is 3.73. The van der Waals surface area contributed by atoms with E-state index < -0.39 is 5.82 Å². The minimum absolute atomic E-state index is 0.0829. The van der Waals surface area contributed by atoms with Gasteiger partial charge in [-0.1, -0.05) is 30.2 Å². The Bertz CT molecular complexity index is 810. The van der Waals surface area contributed by atoms with Crippen LogP contribution in [0, 0.1) is 5.82 Å². The highest BCUT2D eigenvalue weighted by molar-refractivity contribution is 6.32. The van der Waals surface area contributed by atoms with Gasteiger partial charge in [-0.25, -0.2) is 4.39 Å². The molecule has 2 aromatic carbocycles. The monoisotopic (exact) mass is 420 g/mol. The van der Waals surface area contributed by atoms with Crippen molar-refractivity contribution in [1.82, 2.24) is 10.2 Å². The maximum atomic E-state index is 13.1. The number of carbonyl (C=O) groups excluding carboxylic acids is 1. The highest BCUT2D eigenvalue weighted by Gasteiger charge is 2.23. The lowest BCUT2D eigenvalue weighted by Gasteiger charge is -2.35. The first-order valence-corrected chi connectivity index (χ1v) is 10.2. The number of nitrogens with one attached hydrogen (secondary N) is 1. The molecular formula is C22H26ClFN2O3. The van der Waals surface area contributed by atoms with Gasteiger partial charge in [0.05, 0.1) is 18.2 Å². The van der Waals surface area contributed by atoms with Gasteiger partial charge in [-0.2, -0.15) is 0 Å². The summed E-state index contributed by atoms with van der Waals surface area (Å²) < 4.78 is 23.8. The number of rotatable bonds is 8. The van der Waals surface area contributed by atoms with Crippen molar-refractivity contribution in [2.24, 2.45) is 0 Å². The smallest absolute Gasteiger partial charge is 0.258 e. The normalized spacial score (nSPS) is 15.6. The predicted molar refractivity (Wildman–Crippen MR) is 111 cm³/mol. The third-order valence-corrected chi connectivity index (χ3v) is 5.37. The molecule has 0 aromatic heterocycles. The lowest BCUT2D eigenvalue weighted by molar-refractivity contribution is -0.123. The Kier molecular flexibility index (Phi) is 7.72. The van der Waals surface area contributed by atoms with Crippen molar-refractivity contribution >= 4 is 17.5 Å². The molecule has 1 aliphatic heterocycles. The van der Waals surface area contributed by atoms with Gasteiger partial charge >= 0.3 is 0 Å².